The molecular formula is C15H18O4. The smallest absolute Gasteiger partial charge is 0.321 e. The van der Waals surface area contributed by atoms with E-state index in [9.17, 15) is 9.59 Å². The van der Waals surface area contributed by atoms with Gasteiger partial charge in [0.05, 0.1) is 14.2 Å². The lowest BCUT2D eigenvalue weighted by atomic mass is 9.85. The minimum absolute atomic E-state index is 0.397. The lowest BCUT2D eigenvalue weighted by molar-refractivity contribution is -0.159. The van der Waals surface area contributed by atoms with E-state index in [1.165, 1.54) is 14.2 Å². The summed E-state index contributed by atoms with van der Waals surface area (Å²) in [5.41, 5.74) is 0.862. The number of carbonyl (C=O) groups excluding carboxylic acids is 2. The molecule has 1 atom stereocenters. The van der Waals surface area contributed by atoms with Gasteiger partial charge in [-0.2, -0.15) is 0 Å². The van der Waals surface area contributed by atoms with Crippen LogP contribution in [0.3, 0.4) is 0 Å². The van der Waals surface area contributed by atoms with Gasteiger partial charge in [-0.1, -0.05) is 42.5 Å². The fourth-order valence-corrected chi connectivity index (χ4v) is 1.94. The largest absolute Gasteiger partial charge is 0.468 e. The summed E-state index contributed by atoms with van der Waals surface area (Å²) < 4.78 is 9.42. The molecule has 0 aliphatic rings. The summed E-state index contributed by atoms with van der Waals surface area (Å²) >= 11 is 0. The Kier molecular flexibility index (Phi) is 5.79. The highest BCUT2D eigenvalue weighted by Gasteiger charge is 2.36. The summed E-state index contributed by atoms with van der Waals surface area (Å²) in [6.45, 7) is 1.83. The topological polar surface area (TPSA) is 52.6 Å². The maximum absolute atomic E-state index is 11.8. The van der Waals surface area contributed by atoms with Crippen molar-refractivity contribution in [3.63, 3.8) is 0 Å². The normalized spacial score (nSPS) is 12.4. The molecule has 1 aromatic carbocycles. The van der Waals surface area contributed by atoms with Gasteiger partial charge in [-0.15, -0.1) is 0 Å². The monoisotopic (exact) mass is 262 g/mol. The van der Waals surface area contributed by atoms with Crippen LogP contribution < -0.4 is 0 Å². The Morgan fingerprint density at radius 1 is 1.05 bits per heavy atom. The molecule has 0 bridgehead atoms. The molecule has 0 N–H and O–H groups in total. The molecule has 0 spiro atoms. The highest BCUT2D eigenvalue weighted by Crippen LogP contribution is 2.28. The van der Waals surface area contributed by atoms with E-state index in [0.717, 1.165) is 5.56 Å². The van der Waals surface area contributed by atoms with Crippen LogP contribution in [0.1, 0.15) is 18.4 Å². The van der Waals surface area contributed by atoms with Gasteiger partial charge in [-0.05, 0) is 12.5 Å². The van der Waals surface area contributed by atoms with Crippen molar-refractivity contribution in [3.8, 4) is 0 Å². The molecule has 4 nitrogen and oxygen atoms in total. The lowest BCUT2D eigenvalue weighted by Gasteiger charge is -2.20. The maximum Gasteiger partial charge on any atom is 0.321 e. The molecule has 0 aromatic heterocycles. The summed E-state index contributed by atoms with van der Waals surface area (Å²) in [6, 6.07) is 9.32. The lowest BCUT2D eigenvalue weighted by Crippen LogP contribution is -2.31. The fraction of sp³-hybridized carbons (Fsp3) is 0.333. The Morgan fingerprint density at radius 2 is 1.58 bits per heavy atom. The summed E-state index contributed by atoms with van der Waals surface area (Å²) in [6.07, 6.45) is 3.60. The summed E-state index contributed by atoms with van der Waals surface area (Å²) in [7, 11) is 2.52. The number of rotatable bonds is 5. The highest BCUT2D eigenvalue weighted by atomic mass is 16.5. The zero-order valence-electron chi connectivity index (χ0n) is 11.3. The van der Waals surface area contributed by atoms with E-state index in [2.05, 4.69) is 0 Å². The van der Waals surface area contributed by atoms with E-state index < -0.39 is 23.8 Å². The van der Waals surface area contributed by atoms with Crippen LogP contribution in [0.15, 0.2) is 42.5 Å². The first kappa shape index (κ1) is 15.0. The van der Waals surface area contributed by atoms with Gasteiger partial charge in [0, 0.05) is 5.92 Å². The van der Waals surface area contributed by atoms with Crippen LogP contribution in [0, 0.1) is 5.92 Å². The third kappa shape index (κ3) is 3.68. The molecule has 1 aromatic rings. The quantitative estimate of drug-likeness (QED) is 0.464. The molecule has 0 heterocycles. The number of allylic oxidation sites excluding steroid dienone is 2. The van der Waals surface area contributed by atoms with E-state index in [0.29, 0.717) is 0 Å². The number of benzene rings is 1. The number of carbonyl (C=O) groups is 2. The minimum Gasteiger partial charge on any atom is -0.468 e. The number of hydrogen-bond acceptors (Lipinski definition) is 4. The first-order valence-electron chi connectivity index (χ1n) is 5.99. The van der Waals surface area contributed by atoms with Crippen LogP contribution in [0.5, 0.6) is 0 Å². The SMILES string of the molecule is CC=CC(c1ccccc1)C(C(=O)OC)C(=O)OC. The van der Waals surface area contributed by atoms with E-state index in [1.54, 1.807) is 12.2 Å². The zero-order valence-corrected chi connectivity index (χ0v) is 11.3. The van der Waals surface area contributed by atoms with Gasteiger partial charge < -0.3 is 9.47 Å². The first-order valence-corrected chi connectivity index (χ1v) is 5.99. The van der Waals surface area contributed by atoms with E-state index in [4.69, 9.17) is 9.47 Å². The Balaban J connectivity index is 3.20. The van der Waals surface area contributed by atoms with E-state index in [1.807, 2.05) is 37.3 Å². The van der Waals surface area contributed by atoms with Crippen molar-refractivity contribution in [3.05, 3.63) is 48.0 Å². The number of methoxy groups -OCH3 is 2. The Labute approximate surface area is 113 Å². The van der Waals surface area contributed by atoms with Crippen molar-refractivity contribution in [2.75, 3.05) is 14.2 Å². The van der Waals surface area contributed by atoms with Gasteiger partial charge in [0.2, 0.25) is 0 Å². The Hall–Kier alpha value is -2.10. The van der Waals surface area contributed by atoms with Crippen LogP contribution in [0.25, 0.3) is 0 Å². The van der Waals surface area contributed by atoms with Crippen molar-refractivity contribution >= 4 is 11.9 Å². The standard InChI is InChI=1S/C15H18O4/c1-4-8-12(11-9-6-5-7-10-11)13(14(16)18-2)15(17)19-3/h4-10,12-13H,1-3H3. The molecule has 0 saturated carbocycles. The zero-order chi connectivity index (χ0) is 14.3. The van der Waals surface area contributed by atoms with Crippen molar-refractivity contribution in [1.82, 2.24) is 0 Å². The Bertz CT molecular complexity index is 434. The van der Waals surface area contributed by atoms with Crippen molar-refractivity contribution in [2.24, 2.45) is 5.92 Å². The molecule has 0 fully saturated rings. The molecule has 0 aliphatic carbocycles. The third-order valence-electron chi connectivity index (χ3n) is 2.85. The molecule has 102 valence electrons. The molecular weight excluding hydrogens is 244 g/mol. The van der Waals surface area contributed by atoms with E-state index in [-0.39, 0.29) is 0 Å². The molecule has 4 heteroatoms. The van der Waals surface area contributed by atoms with Gasteiger partial charge in [-0.25, -0.2) is 0 Å². The molecule has 0 radical (unpaired) electrons. The predicted molar refractivity (Wildman–Crippen MR) is 71.5 cm³/mol. The Morgan fingerprint density at radius 3 is 2.00 bits per heavy atom. The molecule has 19 heavy (non-hydrogen) atoms. The molecule has 1 unspecified atom stereocenters. The number of hydrogen-bond donors (Lipinski definition) is 0. The molecule has 0 amide bonds. The molecule has 0 saturated heterocycles. The summed E-state index contributed by atoms with van der Waals surface area (Å²) in [4.78, 5) is 23.7. The first-order chi connectivity index (χ1) is 9.15. The summed E-state index contributed by atoms with van der Waals surface area (Å²) in [5, 5.41) is 0. The number of ether oxygens (including phenoxy) is 2. The second kappa shape index (κ2) is 7.36. The molecule has 1 rings (SSSR count). The van der Waals surface area contributed by atoms with E-state index >= 15 is 0 Å². The van der Waals surface area contributed by atoms with Crippen LogP contribution in [0.4, 0.5) is 0 Å². The number of esters is 2. The van der Waals surface area contributed by atoms with Gasteiger partial charge in [-0.3, -0.25) is 9.59 Å². The second-order valence-corrected chi connectivity index (χ2v) is 3.99. The summed E-state index contributed by atoms with van der Waals surface area (Å²) in [5.74, 6) is -2.59. The van der Waals surface area contributed by atoms with Crippen LogP contribution >= 0.6 is 0 Å². The van der Waals surface area contributed by atoms with Crippen LogP contribution in [-0.4, -0.2) is 26.2 Å². The second-order valence-electron chi connectivity index (χ2n) is 3.99. The van der Waals surface area contributed by atoms with Gasteiger partial charge >= 0.3 is 11.9 Å². The maximum atomic E-state index is 11.8. The van der Waals surface area contributed by atoms with Crippen molar-refractivity contribution in [2.45, 2.75) is 12.8 Å². The average Bonchev–Trinajstić information content (AvgIpc) is 2.46. The average molecular weight is 262 g/mol. The van der Waals surface area contributed by atoms with Crippen LogP contribution in [-0.2, 0) is 19.1 Å². The highest BCUT2D eigenvalue weighted by molar-refractivity contribution is 5.96. The van der Waals surface area contributed by atoms with Crippen molar-refractivity contribution in [1.29, 1.82) is 0 Å². The minimum atomic E-state index is -0.992. The third-order valence-corrected chi connectivity index (χ3v) is 2.85. The fourth-order valence-electron chi connectivity index (χ4n) is 1.94. The van der Waals surface area contributed by atoms with Crippen LogP contribution in [0.2, 0.25) is 0 Å². The predicted octanol–water partition coefficient (Wildman–Crippen LogP) is 2.31. The molecule has 0 aliphatic heterocycles. The van der Waals surface area contributed by atoms with Gasteiger partial charge in [0.1, 0.15) is 0 Å². The van der Waals surface area contributed by atoms with Crippen molar-refractivity contribution < 1.29 is 19.1 Å². The van der Waals surface area contributed by atoms with Gasteiger partial charge in [0.25, 0.3) is 0 Å². The van der Waals surface area contributed by atoms with Gasteiger partial charge in [0.15, 0.2) is 5.92 Å².